The van der Waals surface area contributed by atoms with Gasteiger partial charge < -0.3 is 15.4 Å². The first-order valence-electron chi connectivity index (χ1n) is 6.23. The minimum atomic E-state index is -0.141. The van der Waals surface area contributed by atoms with Crippen LogP contribution in [0.2, 0.25) is 0 Å². The minimum Gasteiger partial charge on any atom is -0.383 e. The summed E-state index contributed by atoms with van der Waals surface area (Å²) in [6.45, 7) is 6.69. The lowest BCUT2D eigenvalue weighted by molar-refractivity contribution is 0.179. The second-order valence-electron chi connectivity index (χ2n) is 4.73. The van der Waals surface area contributed by atoms with Gasteiger partial charge in [-0.15, -0.1) is 0 Å². The molecule has 0 spiro atoms. The predicted octanol–water partition coefficient (Wildman–Crippen LogP) is 2.44. The Kier molecular flexibility index (Phi) is 6.18. The van der Waals surface area contributed by atoms with Crippen LogP contribution in [-0.2, 0) is 11.3 Å². The number of rotatable bonds is 5. The van der Waals surface area contributed by atoms with E-state index in [2.05, 4.69) is 10.6 Å². The Morgan fingerprint density at radius 3 is 2.47 bits per heavy atom. The van der Waals surface area contributed by atoms with Crippen molar-refractivity contribution in [2.75, 3.05) is 13.7 Å². The van der Waals surface area contributed by atoms with Gasteiger partial charge in [0.05, 0.1) is 6.61 Å². The Morgan fingerprint density at radius 1 is 1.37 bits per heavy atom. The normalized spacial score (nSPS) is 12.1. The largest absolute Gasteiger partial charge is 0.383 e. The van der Waals surface area contributed by atoms with Crippen molar-refractivity contribution in [1.82, 2.24) is 10.6 Å². The lowest BCUT2D eigenvalue weighted by atomic mass is 10.1. The van der Waals surface area contributed by atoms with Gasteiger partial charge in [-0.3, -0.25) is 0 Å². The van der Waals surface area contributed by atoms with Crippen molar-refractivity contribution in [1.29, 1.82) is 0 Å². The third-order valence-electron chi connectivity index (χ3n) is 2.74. The Hall–Kier alpha value is -1.20. The van der Waals surface area contributed by atoms with Gasteiger partial charge >= 0.3 is 0 Å². The molecule has 19 heavy (non-hydrogen) atoms. The third kappa shape index (κ3) is 5.12. The molecule has 0 heterocycles. The second kappa shape index (κ2) is 7.40. The highest BCUT2D eigenvalue weighted by atomic mass is 32.1. The lowest BCUT2D eigenvalue weighted by Crippen LogP contribution is -2.42. The molecule has 1 unspecified atom stereocenters. The van der Waals surface area contributed by atoms with Gasteiger partial charge in [0.2, 0.25) is 0 Å². The average molecular weight is 284 g/mol. The van der Waals surface area contributed by atoms with Gasteiger partial charge in [-0.25, -0.2) is 4.39 Å². The van der Waals surface area contributed by atoms with Crippen LogP contribution in [0.1, 0.15) is 23.6 Å². The summed E-state index contributed by atoms with van der Waals surface area (Å²) in [6, 6.07) is 3.81. The number of benzene rings is 1. The topological polar surface area (TPSA) is 33.3 Å². The molecule has 0 saturated heterocycles. The van der Waals surface area contributed by atoms with Gasteiger partial charge in [0.15, 0.2) is 5.11 Å². The standard InChI is InChI=1S/C14H21FN2OS/c1-9-5-12(6-10(2)13(9)15)7-16-14(19)17-11(3)8-18-4/h5-6,11H,7-8H2,1-4H3,(H2,16,17,19). The number of hydrogen-bond donors (Lipinski definition) is 2. The van der Waals surface area contributed by atoms with Crippen molar-refractivity contribution in [2.45, 2.75) is 33.4 Å². The summed E-state index contributed by atoms with van der Waals surface area (Å²) in [5.74, 6) is -0.141. The number of hydrogen-bond acceptors (Lipinski definition) is 2. The number of methoxy groups -OCH3 is 1. The fraction of sp³-hybridized carbons (Fsp3) is 0.500. The number of aryl methyl sites for hydroxylation is 2. The van der Waals surface area contributed by atoms with Gasteiger partial charge in [0.1, 0.15) is 5.82 Å². The lowest BCUT2D eigenvalue weighted by Gasteiger charge is -2.16. The van der Waals surface area contributed by atoms with Crippen LogP contribution >= 0.6 is 12.2 Å². The van der Waals surface area contributed by atoms with Crippen molar-refractivity contribution in [3.8, 4) is 0 Å². The summed E-state index contributed by atoms with van der Waals surface area (Å²) >= 11 is 5.18. The van der Waals surface area contributed by atoms with E-state index >= 15 is 0 Å². The molecular formula is C14H21FN2OS. The molecule has 0 saturated carbocycles. The second-order valence-corrected chi connectivity index (χ2v) is 5.14. The van der Waals surface area contributed by atoms with Crippen LogP contribution in [0.25, 0.3) is 0 Å². The zero-order valence-corrected chi connectivity index (χ0v) is 12.7. The van der Waals surface area contributed by atoms with E-state index in [1.807, 2.05) is 19.1 Å². The highest BCUT2D eigenvalue weighted by Gasteiger charge is 2.06. The maximum absolute atomic E-state index is 13.5. The predicted molar refractivity (Wildman–Crippen MR) is 79.8 cm³/mol. The first kappa shape index (κ1) is 15.9. The molecule has 1 aromatic rings. The van der Waals surface area contributed by atoms with E-state index in [-0.39, 0.29) is 11.9 Å². The highest BCUT2D eigenvalue weighted by Crippen LogP contribution is 2.14. The fourth-order valence-electron chi connectivity index (χ4n) is 1.89. The molecule has 106 valence electrons. The summed E-state index contributed by atoms with van der Waals surface area (Å²) in [5.41, 5.74) is 2.33. The van der Waals surface area contributed by atoms with Crippen LogP contribution in [0.4, 0.5) is 4.39 Å². The summed E-state index contributed by atoms with van der Waals surface area (Å²) in [5, 5.41) is 6.79. The van der Waals surface area contributed by atoms with Gasteiger partial charge in [-0.05, 0) is 49.7 Å². The molecule has 1 aromatic carbocycles. The molecule has 0 aliphatic carbocycles. The monoisotopic (exact) mass is 284 g/mol. The molecule has 5 heteroatoms. The van der Waals surface area contributed by atoms with E-state index in [4.69, 9.17) is 17.0 Å². The zero-order chi connectivity index (χ0) is 14.4. The first-order chi connectivity index (χ1) is 8.93. The number of halogens is 1. The maximum Gasteiger partial charge on any atom is 0.166 e. The zero-order valence-electron chi connectivity index (χ0n) is 11.8. The molecule has 2 N–H and O–H groups in total. The van der Waals surface area contributed by atoms with E-state index in [0.717, 1.165) is 5.56 Å². The van der Waals surface area contributed by atoms with Gasteiger partial charge in [-0.2, -0.15) is 0 Å². The minimum absolute atomic E-state index is 0.141. The summed E-state index contributed by atoms with van der Waals surface area (Å²) in [7, 11) is 1.65. The molecule has 1 rings (SSSR count). The number of nitrogens with one attached hydrogen (secondary N) is 2. The van der Waals surface area contributed by atoms with Gasteiger partial charge in [-0.1, -0.05) is 12.1 Å². The van der Waals surface area contributed by atoms with Gasteiger partial charge in [0.25, 0.3) is 0 Å². The Bertz CT molecular complexity index is 428. The number of ether oxygens (including phenoxy) is 1. The molecule has 0 amide bonds. The van der Waals surface area contributed by atoms with Crippen LogP contribution in [0.15, 0.2) is 12.1 Å². The summed E-state index contributed by atoms with van der Waals surface area (Å²) in [4.78, 5) is 0. The SMILES string of the molecule is COCC(C)NC(=S)NCc1cc(C)c(F)c(C)c1. The number of thiocarbonyl (C=S) groups is 1. The van der Waals surface area contributed by atoms with Crippen LogP contribution in [0.5, 0.6) is 0 Å². The molecule has 0 bridgehead atoms. The smallest absolute Gasteiger partial charge is 0.166 e. The van der Waals surface area contributed by atoms with E-state index in [1.54, 1.807) is 21.0 Å². The van der Waals surface area contributed by atoms with Crippen LogP contribution in [0, 0.1) is 19.7 Å². The molecule has 3 nitrogen and oxygen atoms in total. The molecule has 0 aliphatic rings. The highest BCUT2D eigenvalue weighted by molar-refractivity contribution is 7.80. The van der Waals surface area contributed by atoms with Crippen molar-refractivity contribution in [2.24, 2.45) is 0 Å². The van der Waals surface area contributed by atoms with E-state index in [9.17, 15) is 4.39 Å². The van der Waals surface area contributed by atoms with E-state index < -0.39 is 0 Å². The summed E-state index contributed by atoms with van der Waals surface area (Å²) in [6.07, 6.45) is 0. The fourth-order valence-corrected chi connectivity index (χ4v) is 2.16. The molecule has 0 radical (unpaired) electrons. The van der Waals surface area contributed by atoms with Crippen molar-refractivity contribution >= 4 is 17.3 Å². The first-order valence-corrected chi connectivity index (χ1v) is 6.63. The Morgan fingerprint density at radius 2 is 1.95 bits per heavy atom. The Balaban J connectivity index is 2.51. The summed E-state index contributed by atoms with van der Waals surface area (Å²) < 4.78 is 18.5. The molecule has 1 atom stereocenters. The van der Waals surface area contributed by atoms with E-state index in [1.165, 1.54) is 0 Å². The molecule has 0 aliphatic heterocycles. The quantitative estimate of drug-likeness (QED) is 0.814. The molecule has 0 aromatic heterocycles. The van der Waals surface area contributed by atoms with Crippen molar-refractivity contribution in [3.63, 3.8) is 0 Å². The van der Waals surface area contributed by atoms with E-state index in [0.29, 0.717) is 29.4 Å². The van der Waals surface area contributed by atoms with Crippen molar-refractivity contribution < 1.29 is 9.13 Å². The van der Waals surface area contributed by atoms with Crippen molar-refractivity contribution in [3.05, 3.63) is 34.6 Å². The van der Waals surface area contributed by atoms with Crippen LogP contribution in [0.3, 0.4) is 0 Å². The Labute approximate surface area is 119 Å². The third-order valence-corrected chi connectivity index (χ3v) is 3.01. The molecule has 0 fully saturated rings. The molecular weight excluding hydrogens is 263 g/mol. The maximum atomic E-state index is 13.5. The van der Waals surface area contributed by atoms with Crippen LogP contribution in [-0.4, -0.2) is 24.9 Å². The average Bonchev–Trinajstić information content (AvgIpc) is 2.33. The van der Waals surface area contributed by atoms with Gasteiger partial charge in [0, 0.05) is 19.7 Å². The van der Waals surface area contributed by atoms with Crippen LogP contribution < -0.4 is 10.6 Å².